The Morgan fingerprint density at radius 1 is 1.19 bits per heavy atom. The number of aryl methyl sites for hydroxylation is 1. The Bertz CT molecular complexity index is 407. The first kappa shape index (κ1) is 11.3. The van der Waals surface area contributed by atoms with E-state index in [4.69, 9.17) is 4.74 Å². The second-order valence-electron chi connectivity index (χ2n) is 5.92. The fraction of sp³-hybridized carbons (Fsp3) is 0.571. The first-order valence-electron chi connectivity index (χ1n) is 5.83. The molecule has 2 nitrogen and oxygen atoms in total. The van der Waals surface area contributed by atoms with Gasteiger partial charge in [0.25, 0.3) is 0 Å². The highest BCUT2D eigenvalue weighted by atomic mass is 16.5. The van der Waals surface area contributed by atoms with E-state index in [0.29, 0.717) is 0 Å². The van der Waals surface area contributed by atoms with Crippen molar-refractivity contribution in [2.45, 2.75) is 40.2 Å². The predicted octanol–water partition coefficient (Wildman–Crippen LogP) is 3.60. The van der Waals surface area contributed by atoms with E-state index in [1.54, 1.807) is 0 Å². The van der Waals surface area contributed by atoms with Crippen LogP contribution in [0.1, 0.15) is 33.3 Å². The third-order valence-corrected chi connectivity index (χ3v) is 3.86. The van der Waals surface area contributed by atoms with E-state index in [1.807, 2.05) is 0 Å². The van der Waals surface area contributed by atoms with Crippen LogP contribution in [0, 0.1) is 12.3 Å². The number of fused-ring (bicyclic) bond motifs is 1. The topological polar surface area (TPSA) is 21.3 Å². The molecule has 1 heterocycles. The van der Waals surface area contributed by atoms with Gasteiger partial charge in [-0.3, -0.25) is 0 Å². The van der Waals surface area contributed by atoms with Crippen molar-refractivity contribution in [3.8, 4) is 5.75 Å². The van der Waals surface area contributed by atoms with Gasteiger partial charge in [0.1, 0.15) is 5.75 Å². The average molecular weight is 219 g/mol. The maximum Gasteiger partial charge on any atom is 0.142 e. The lowest BCUT2D eigenvalue weighted by Crippen LogP contribution is -2.47. The molecule has 1 aromatic rings. The summed E-state index contributed by atoms with van der Waals surface area (Å²) in [5.74, 6) is 0.962. The van der Waals surface area contributed by atoms with E-state index in [-0.39, 0.29) is 11.0 Å². The van der Waals surface area contributed by atoms with E-state index in [9.17, 15) is 0 Å². The summed E-state index contributed by atoms with van der Waals surface area (Å²) in [6.07, 6.45) is 0. The number of rotatable bonds is 0. The van der Waals surface area contributed by atoms with Gasteiger partial charge in [-0.15, -0.1) is 0 Å². The summed E-state index contributed by atoms with van der Waals surface area (Å²) in [5, 5.41) is 3.60. The van der Waals surface area contributed by atoms with Gasteiger partial charge >= 0.3 is 0 Å². The third kappa shape index (κ3) is 1.77. The minimum Gasteiger partial charge on any atom is -0.491 e. The van der Waals surface area contributed by atoms with Crippen molar-refractivity contribution in [1.29, 1.82) is 0 Å². The zero-order valence-electron chi connectivity index (χ0n) is 10.8. The summed E-state index contributed by atoms with van der Waals surface area (Å²) >= 11 is 0. The molecule has 0 saturated carbocycles. The minimum atomic E-state index is 0.0199. The van der Waals surface area contributed by atoms with Crippen molar-refractivity contribution in [1.82, 2.24) is 0 Å². The van der Waals surface area contributed by atoms with Crippen LogP contribution < -0.4 is 10.1 Å². The molecule has 2 heteroatoms. The summed E-state index contributed by atoms with van der Waals surface area (Å²) in [6, 6.07) is 6.29. The molecule has 0 aliphatic carbocycles. The van der Waals surface area contributed by atoms with Crippen molar-refractivity contribution >= 4 is 5.69 Å². The van der Waals surface area contributed by atoms with Crippen LogP contribution in [0.25, 0.3) is 0 Å². The van der Waals surface area contributed by atoms with Crippen molar-refractivity contribution < 1.29 is 4.74 Å². The van der Waals surface area contributed by atoms with Gasteiger partial charge in [0.05, 0.1) is 12.3 Å². The molecule has 0 fully saturated rings. The van der Waals surface area contributed by atoms with Crippen molar-refractivity contribution in [3.05, 3.63) is 23.8 Å². The van der Waals surface area contributed by atoms with Crippen LogP contribution in [-0.2, 0) is 0 Å². The second-order valence-corrected chi connectivity index (χ2v) is 5.92. The highest BCUT2D eigenvalue weighted by Crippen LogP contribution is 2.40. The van der Waals surface area contributed by atoms with Gasteiger partial charge in [-0.05, 0) is 38.5 Å². The molecule has 0 aromatic heterocycles. The van der Waals surface area contributed by atoms with Gasteiger partial charge in [0.15, 0.2) is 0 Å². The molecule has 0 bridgehead atoms. The number of ether oxygens (including phenoxy) is 1. The smallest absolute Gasteiger partial charge is 0.142 e. The molecule has 0 amide bonds. The van der Waals surface area contributed by atoms with Gasteiger partial charge in [-0.1, -0.05) is 19.9 Å². The lowest BCUT2D eigenvalue weighted by Gasteiger charge is -2.40. The zero-order chi connectivity index (χ0) is 12.0. The number of hydrogen-bond acceptors (Lipinski definition) is 2. The van der Waals surface area contributed by atoms with Crippen LogP contribution in [0.2, 0.25) is 0 Å². The van der Waals surface area contributed by atoms with Gasteiger partial charge in [-0.2, -0.15) is 0 Å². The Morgan fingerprint density at radius 2 is 1.88 bits per heavy atom. The van der Waals surface area contributed by atoms with Gasteiger partial charge < -0.3 is 10.1 Å². The van der Waals surface area contributed by atoms with Gasteiger partial charge in [-0.25, -0.2) is 0 Å². The molecule has 1 aromatic carbocycles. The Balaban J connectivity index is 2.44. The predicted molar refractivity (Wildman–Crippen MR) is 68.2 cm³/mol. The molecule has 1 aliphatic heterocycles. The highest BCUT2D eigenvalue weighted by molar-refractivity contribution is 5.60. The third-order valence-electron chi connectivity index (χ3n) is 3.86. The van der Waals surface area contributed by atoms with Crippen LogP contribution >= 0.6 is 0 Å². The van der Waals surface area contributed by atoms with E-state index in [2.05, 4.69) is 58.1 Å². The molecule has 2 rings (SSSR count). The molecular weight excluding hydrogens is 198 g/mol. The molecule has 0 radical (unpaired) electrons. The Hall–Kier alpha value is -1.18. The number of hydrogen-bond donors (Lipinski definition) is 1. The Labute approximate surface area is 98.0 Å². The fourth-order valence-corrected chi connectivity index (χ4v) is 1.81. The van der Waals surface area contributed by atoms with E-state index in [0.717, 1.165) is 18.0 Å². The molecule has 0 atom stereocenters. The second kappa shape index (κ2) is 3.41. The Morgan fingerprint density at radius 3 is 2.56 bits per heavy atom. The van der Waals surface area contributed by atoms with Crippen LogP contribution in [0.3, 0.4) is 0 Å². The summed E-state index contributed by atoms with van der Waals surface area (Å²) < 4.78 is 5.89. The molecule has 0 unspecified atom stereocenters. The fourth-order valence-electron chi connectivity index (χ4n) is 1.81. The van der Waals surface area contributed by atoms with Gasteiger partial charge in [0.2, 0.25) is 0 Å². The van der Waals surface area contributed by atoms with E-state index >= 15 is 0 Å². The quantitative estimate of drug-likeness (QED) is 0.719. The number of nitrogens with one attached hydrogen (secondary N) is 1. The summed E-state index contributed by atoms with van der Waals surface area (Å²) in [6.45, 7) is 11.8. The van der Waals surface area contributed by atoms with Crippen molar-refractivity contribution in [3.63, 3.8) is 0 Å². The normalized spacial score (nSPS) is 21.3. The van der Waals surface area contributed by atoms with Crippen molar-refractivity contribution in [2.75, 3.05) is 11.9 Å². The molecule has 1 aliphatic rings. The molecule has 0 saturated heterocycles. The molecule has 16 heavy (non-hydrogen) atoms. The monoisotopic (exact) mass is 219 g/mol. The van der Waals surface area contributed by atoms with Crippen LogP contribution in [0.5, 0.6) is 5.75 Å². The average Bonchev–Trinajstić information content (AvgIpc) is 2.22. The Kier molecular flexibility index (Phi) is 2.41. The first-order valence-corrected chi connectivity index (χ1v) is 5.83. The maximum absolute atomic E-state index is 5.89. The standard InChI is InChI=1S/C14H21NO/c1-10-6-7-12-11(8-10)15-14(4,5)13(2,3)9-16-12/h6-8,15H,9H2,1-5H3. The van der Waals surface area contributed by atoms with Crippen LogP contribution in [0.4, 0.5) is 5.69 Å². The summed E-state index contributed by atoms with van der Waals surface area (Å²) in [4.78, 5) is 0. The lowest BCUT2D eigenvalue weighted by molar-refractivity contribution is 0.129. The molecular formula is C14H21NO. The van der Waals surface area contributed by atoms with E-state index < -0.39 is 0 Å². The number of anilines is 1. The summed E-state index contributed by atoms with van der Waals surface area (Å²) in [7, 11) is 0. The molecule has 0 spiro atoms. The SMILES string of the molecule is Cc1ccc2c(c1)NC(C)(C)C(C)(C)CO2. The molecule has 88 valence electrons. The lowest BCUT2D eigenvalue weighted by atomic mass is 9.75. The highest BCUT2D eigenvalue weighted by Gasteiger charge is 2.40. The minimum absolute atomic E-state index is 0.0199. The largest absolute Gasteiger partial charge is 0.491 e. The van der Waals surface area contributed by atoms with Crippen molar-refractivity contribution in [2.24, 2.45) is 5.41 Å². The van der Waals surface area contributed by atoms with Gasteiger partial charge in [0, 0.05) is 11.0 Å². The first-order chi connectivity index (χ1) is 7.32. The van der Waals surface area contributed by atoms with Crippen LogP contribution in [-0.4, -0.2) is 12.1 Å². The zero-order valence-corrected chi connectivity index (χ0v) is 10.8. The molecule has 1 N–H and O–H groups in total. The maximum atomic E-state index is 5.89. The van der Waals surface area contributed by atoms with Crippen LogP contribution in [0.15, 0.2) is 18.2 Å². The number of benzene rings is 1. The summed E-state index contributed by atoms with van der Waals surface area (Å²) in [5.41, 5.74) is 2.48. The van der Waals surface area contributed by atoms with E-state index in [1.165, 1.54) is 5.56 Å².